The number of hydrogen-bond donors (Lipinski definition) is 4. The number of imidazole rings is 1. The van der Waals surface area contributed by atoms with E-state index >= 15 is 0 Å². The molecule has 2 aromatic heterocycles. The molecule has 0 bridgehead atoms. The largest absolute Gasteiger partial charge is 0.462 e. The molecule has 1 aliphatic heterocycles. The third kappa shape index (κ3) is 5.56. The molecule has 0 unspecified atom stereocenters. The zero-order valence-corrected chi connectivity index (χ0v) is 28.9. The molecule has 7 rings (SSSR count). The van der Waals surface area contributed by atoms with Gasteiger partial charge in [0.25, 0.3) is 0 Å². The summed E-state index contributed by atoms with van der Waals surface area (Å²) in [6, 6.07) is 0. The van der Waals surface area contributed by atoms with Gasteiger partial charge in [-0.1, -0.05) is 20.8 Å². The van der Waals surface area contributed by atoms with E-state index in [0.29, 0.717) is 53.1 Å². The molecule has 5 N–H and O–H groups in total. The predicted octanol–water partition coefficient (Wildman–Crippen LogP) is 5.05. The molecule has 4 aliphatic carbocycles. The van der Waals surface area contributed by atoms with Gasteiger partial charge >= 0.3 is 5.97 Å². The number of nitrogens with zero attached hydrogens (tertiary/aromatic N) is 4. The zero-order valence-electron chi connectivity index (χ0n) is 28.1. The third-order valence-corrected chi connectivity index (χ3v) is 14.2. The van der Waals surface area contributed by atoms with E-state index < -0.39 is 17.9 Å². The Kier molecular flexibility index (Phi) is 8.59. The Morgan fingerprint density at radius 3 is 2.62 bits per heavy atom. The highest BCUT2D eigenvalue weighted by Crippen LogP contribution is 2.68. The summed E-state index contributed by atoms with van der Waals surface area (Å²) in [7, 11) is 0. The molecule has 0 spiro atoms. The van der Waals surface area contributed by atoms with Crippen molar-refractivity contribution >= 4 is 34.6 Å². The molecular weight excluding hydrogens is 622 g/mol. The zero-order chi connectivity index (χ0) is 33.5. The molecule has 2 aromatic rings. The third-order valence-electron chi connectivity index (χ3n) is 14.0. The van der Waals surface area contributed by atoms with E-state index in [1.54, 1.807) is 11.5 Å². The number of aromatic nitrogens is 4. The van der Waals surface area contributed by atoms with E-state index in [9.17, 15) is 20.1 Å². The van der Waals surface area contributed by atoms with Gasteiger partial charge in [-0.05, 0) is 123 Å². The molecule has 13 atom stereocenters. The number of carbonyl (C=O) groups is 1. The second kappa shape index (κ2) is 12.1. The van der Waals surface area contributed by atoms with Crippen LogP contribution in [0.1, 0.15) is 105 Å². The molecule has 0 aromatic carbocycles. The number of nitrogens with two attached hydrogens (primary N) is 1. The molecule has 0 amide bonds. The maximum absolute atomic E-state index is 13.0. The van der Waals surface area contributed by atoms with Gasteiger partial charge in [-0.3, -0.25) is 9.36 Å². The number of nitrogen functional groups attached to an aromatic ring is 1. The Hall–Kier alpha value is -2.05. The average Bonchev–Trinajstić information content (AvgIpc) is 3.69. The van der Waals surface area contributed by atoms with Crippen molar-refractivity contribution in [2.24, 2.45) is 46.3 Å². The molecule has 5 aliphatic rings. The Morgan fingerprint density at radius 1 is 1.09 bits per heavy atom. The molecular formula is C35H52ClN5O6. The minimum absolute atomic E-state index is 0.00365. The van der Waals surface area contributed by atoms with E-state index in [4.69, 9.17) is 26.8 Å². The van der Waals surface area contributed by atoms with Gasteiger partial charge in [-0.15, -0.1) is 0 Å². The number of aliphatic hydroxyl groups is 3. The van der Waals surface area contributed by atoms with Gasteiger partial charge in [0.2, 0.25) is 5.28 Å². The molecule has 1 saturated heterocycles. The summed E-state index contributed by atoms with van der Waals surface area (Å²) in [6.07, 6.45) is 9.09. The maximum Gasteiger partial charge on any atom is 0.305 e. The summed E-state index contributed by atoms with van der Waals surface area (Å²) in [5.74, 6) is 2.50. The SMILES string of the molecule is C[C@H](CCC(=O)OC[C@@]1(C)O[C@@H](n2cnc3c(N)nc(Cl)nc32)C[C@@H]1O)[C@H]1CC[C@H]2[C@@H]3[C@@H](O)C[C@@H]4C[C@H](O)CC[C@]4(C)[C@H]3CC[C@]12C. The number of carbonyl (C=O) groups excluding carboxylic acids is 1. The minimum Gasteiger partial charge on any atom is -0.462 e. The fraction of sp³-hybridized carbons (Fsp3) is 0.829. The Bertz CT molecular complexity index is 1510. The van der Waals surface area contributed by atoms with Crippen molar-refractivity contribution in [1.82, 2.24) is 19.5 Å². The van der Waals surface area contributed by atoms with E-state index in [1.807, 2.05) is 0 Å². The van der Waals surface area contributed by atoms with E-state index in [-0.39, 0.29) is 53.1 Å². The summed E-state index contributed by atoms with van der Waals surface area (Å²) in [5, 5.41) is 32.9. The maximum atomic E-state index is 13.0. The van der Waals surface area contributed by atoms with Crippen LogP contribution in [0.25, 0.3) is 11.2 Å². The van der Waals surface area contributed by atoms with Crippen LogP contribution in [0, 0.1) is 46.3 Å². The van der Waals surface area contributed by atoms with Gasteiger partial charge in [-0.25, -0.2) is 4.98 Å². The minimum atomic E-state index is -1.09. The summed E-state index contributed by atoms with van der Waals surface area (Å²) in [4.78, 5) is 25.5. The fourth-order valence-electron chi connectivity index (χ4n) is 11.3. The van der Waals surface area contributed by atoms with Gasteiger partial charge in [0.15, 0.2) is 11.5 Å². The van der Waals surface area contributed by atoms with Crippen LogP contribution in [-0.4, -0.2) is 71.3 Å². The van der Waals surface area contributed by atoms with Crippen molar-refractivity contribution in [3.63, 3.8) is 0 Å². The van der Waals surface area contributed by atoms with E-state index in [2.05, 4.69) is 35.7 Å². The lowest BCUT2D eigenvalue weighted by atomic mass is 9.43. The van der Waals surface area contributed by atoms with Gasteiger partial charge < -0.3 is 30.5 Å². The lowest BCUT2D eigenvalue weighted by Gasteiger charge is -2.62. The van der Waals surface area contributed by atoms with Crippen molar-refractivity contribution in [2.45, 2.75) is 128 Å². The highest BCUT2D eigenvalue weighted by atomic mass is 35.5. The van der Waals surface area contributed by atoms with E-state index in [1.165, 1.54) is 12.7 Å². The summed E-state index contributed by atoms with van der Waals surface area (Å²) in [6.45, 7) is 8.87. The normalized spacial score (nSPS) is 43.7. The van der Waals surface area contributed by atoms with Crippen LogP contribution < -0.4 is 5.73 Å². The standard InChI is InChI=1S/C35H52ClN5O6/c1-18(21-6-7-22-28-23(10-12-34(21,22)3)33(2)11-9-20(42)13-19(33)14-24(28)43)5-8-27(45)46-16-35(4)25(44)15-26(47-35)41-17-38-29-30(37)39-32(36)40-31(29)41/h17-26,28,42-44H,5-16H2,1-4H3,(H2,37,39,40)/t18-,19+,20-,21-,22+,23+,24+,25+,26-,28+,33+,34-,35-/m1/s1. The monoisotopic (exact) mass is 673 g/mol. The molecule has 0 radical (unpaired) electrons. The van der Waals surface area contributed by atoms with Gasteiger partial charge in [-0.2, -0.15) is 9.97 Å². The lowest BCUT2D eigenvalue weighted by Crippen LogP contribution is -2.58. The van der Waals surface area contributed by atoms with Crippen molar-refractivity contribution < 1.29 is 29.6 Å². The number of rotatable bonds is 7. The van der Waals surface area contributed by atoms with Crippen molar-refractivity contribution in [3.05, 3.63) is 11.6 Å². The van der Waals surface area contributed by atoms with Crippen LogP contribution >= 0.6 is 11.6 Å². The number of ether oxygens (including phenoxy) is 2. The Balaban J connectivity index is 0.942. The molecule has 5 fully saturated rings. The molecule has 12 heteroatoms. The van der Waals surface area contributed by atoms with Gasteiger partial charge in [0.05, 0.1) is 24.6 Å². The summed E-state index contributed by atoms with van der Waals surface area (Å²) in [5.41, 5.74) is 6.04. The highest BCUT2D eigenvalue weighted by Gasteiger charge is 2.63. The first-order valence-corrected chi connectivity index (χ1v) is 18.1. The molecule has 47 heavy (non-hydrogen) atoms. The van der Waals surface area contributed by atoms with Crippen LogP contribution in [0.2, 0.25) is 5.28 Å². The number of aliphatic hydroxyl groups excluding tert-OH is 3. The van der Waals surface area contributed by atoms with Crippen LogP contribution in [0.15, 0.2) is 6.33 Å². The Labute approximate surface area is 282 Å². The molecule has 3 heterocycles. The second-order valence-electron chi connectivity index (χ2n) is 16.5. The number of fused-ring (bicyclic) bond motifs is 6. The lowest BCUT2D eigenvalue weighted by molar-refractivity contribution is -0.174. The number of halogens is 1. The quantitative estimate of drug-likeness (QED) is 0.231. The summed E-state index contributed by atoms with van der Waals surface area (Å²) >= 11 is 6.02. The van der Waals surface area contributed by atoms with Crippen molar-refractivity contribution in [3.8, 4) is 0 Å². The van der Waals surface area contributed by atoms with Crippen molar-refractivity contribution in [1.29, 1.82) is 0 Å². The van der Waals surface area contributed by atoms with Crippen LogP contribution in [-0.2, 0) is 14.3 Å². The average molecular weight is 674 g/mol. The van der Waals surface area contributed by atoms with E-state index in [0.717, 1.165) is 51.4 Å². The number of anilines is 1. The topological polar surface area (TPSA) is 166 Å². The van der Waals surface area contributed by atoms with Crippen molar-refractivity contribution in [2.75, 3.05) is 12.3 Å². The first-order chi connectivity index (χ1) is 22.2. The predicted molar refractivity (Wildman–Crippen MR) is 176 cm³/mol. The summed E-state index contributed by atoms with van der Waals surface area (Å²) < 4.78 is 13.6. The van der Waals surface area contributed by atoms with Gasteiger partial charge in [0, 0.05) is 12.8 Å². The molecule has 4 saturated carbocycles. The Morgan fingerprint density at radius 2 is 1.83 bits per heavy atom. The first-order valence-electron chi connectivity index (χ1n) is 17.8. The van der Waals surface area contributed by atoms with Crippen LogP contribution in [0.4, 0.5) is 5.82 Å². The van der Waals surface area contributed by atoms with Crippen LogP contribution in [0.3, 0.4) is 0 Å². The first kappa shape index (κ1) is 33.4. The number of hydrogen-bond acceptors (Lipinski definition) is 10. The van der Waals surface area contributed by atoms with Crippen LogP contribution in [0.5, 0.6) is 0 Å². The molecule has 260 valence electrons. The van der Waals surface area contributed by atoms with Gasteiger partial charge in [0.1, 0.15) is 24.0 Å². The second-order valence-corrected chi connectivity index (χ2v) is 16.8. The smallest absolute Gasteiger partial charge is 0.305 e. The fourth-order valence-corrected chi connectivity index (χ4v) is 11.5. The highest BCUT2D eigenvalue weighted by molar-refractivity contribution is 6.28. The number of esters is 1. The molecule has 11 nitrogen and oxygen atoms in total.